The average molecular weight is 322 g/mol. The Bertz CT molecular complexity index is 492. The van der Waals surface area contributed by atoms with Crippen LogP contribution in [0.4, 0.5) is 5.69 Å². The van der Waals surface area contributed by atoms with Gasteiger partial charge in [-0.2, -0.15) is 5.26 Å². The third kappa shape index (κ3) is 3.10. The molecule has 19 heavy (non-hydrogen) atoms. The SMILES string of the molecule is CN1C(CC#N)CN(c2cccc(Br)c2)CC1(C)C. The van der Waals surface area contributed by atoms with E-state index in [1.165, 1.54) is 5.69 Å². The average Bonchev–Trinajstić information content (AvgIpc) is 2.35. The predicted octanol–water partition coefficient (Wildman–Crippen LogP) is 3.26. The van der Waals surface area contributed by atoms with Crippen molar-refractivity contribution in [3.8, 4) is 6.07 Å². The smallest absolute Gasteiger partial charge is 0.0638 e. The molecule has 3 nitrogen and oxygen atoms in total. The summed E-state index contributed by atoms with van der Waals surface area (Å²) in [6.45, 7) is 6.36. The summed E-state index contributed by atoms with van der Waals surface area (Å²) in [7, 11) is 2.13. The first-order valence-corrected chi connectivity index (χ1v) is 7.34. The Morgan fingerprint density at radius 1 is 1.47 bits per heavy atom. The lowest BCUT2D eigenvalue weighted by Gasteiger charge is -2.50. The van der Waals surface area contributed by atoms with Crippen LogP contribution in [0.15, 0.2) is 28.7 Å². The van der Waals surface area contributed by atoms with Crippen LogP contribution < -0.4 is 4.90 Å². The summed E-state index contributed by atoms with van der Waals surface area (Å²) in [5.41, 5.74) is 1.29. The fourth-order valence-corrected chi connectivity index (χ4v) is 3.08. The lowest BCUT2D eigenvalue weighted by Crippen LogP contribution is -2.62. The highest BCUT2D eigenvalue weighted by Gasteiger charge is 2.37. The molecule has 1 fully saturated rings. The molecule has 1 heterocycles. The van der Waals surface area contributed by atoms with Crippen molar-refractivity contribution >= 4 is 21.6 Å². The van der Waals surface area contributed by atoms with E-state index in [9.17, 15) is 0 Å². The Labute approximate surface area is 123 Å². The molecule has 0 aliphatic carbocycles. The highest BCUT2D eigenvalue weighted by molar-refractivity contribution is 9.10. The maximum Gasteiger partial charge on any atom is 0.0638 e. The first-order chi connectivity index (χ1) is 8.94. The van der Waals surface area contributed by atoms with E-state index in [-0.39, 0.29) is 11.6 Å². The number of halogens is 1. The quantitative estimate of drug-likeness (QED) is 0.837. The van der Waals surface area contributed by atoms with Gasteiger partial charge in [-0.1, -0.05) is 22.0 Å². The van der Waals surface area contributed by atoms with E-state index in [1.807, 2.05) is 6.07 Å². The van der Waals surface area contributed by atoms with Crippen molar-refractivity contribution in [1.29, 1.82) is 5.26 Å². The molecule has 1 saturated heterocycles. The van der Waals surface area contributed by atoms with E-state index >= 15 is 0 Å². The molecule has 0 amide bonds. The monoisotopic (exact) mass is 321 g/mol. The van der Waals surface area contributed by atoms with Crippen molar-refractivity contribution in [2.75, 3.05) is 25.0 Å². The Morgan fingerprint density at radius 2 is 2.21 bits per heavy atom. The topological polar surface area (TPSA) is 30.3 Å². The van der Waals surface area contributed by atoms with Crippen molar-refractivity contribution in [2.45, 2.75) is 31.8 Å². The third-order valence-corrected chi connectivity index (χ3v) is 4.50. The minimum Gasteiger partial charge on any atom is -0.368 e. The van der Waals surface area contributed by atoms with Crippen LogP contribution in [0.1, 0.15) is 20.3 Å². The first kappa shape index (κ1) is 14.4. The summed E-state index contributed by atoms with van der Waals surface area (Å²) in [5.74, 6) is 0. The van der Waals surface area contributed by atoms with Crippen LogP contribution in [0.25, 0.3) is 0 Å². The second kappa shape index (κ2) is 5.52. The lowest BCUT2D eigenvalue weighted by molar-refractivity contribution is 0.0826. The van der Waals surface area contributed by atoms with Crippen molar-refractivity contribution in [3.63, 3.8) is 0 Å². The fourth-order valence-electron chi connectivity index (χ4n) is 2.69. The summed E-state index contributed by atoms with van der Waals surface area (Å²) in [4.78, 5) is 4.72. The standard InChI is InChI=1S/C15H20BrN3/c1-15(2)11-19(10-14(7-8-17)18(15)3)13-6-4-5-12(16)9-13/h4-6,9,14H,7,10-11H2,1-3H3. The number of piperazine rings is 1. The van der Waals surface area contributed by atoms with Gasteiger partial charge in [0.05, 0.1) is 12.5 Å². The van der Waals surface area contributed by atoms with E-state index in [0.29, 0.717) is 6.42 Å². The van der Waals surface area contributed by atoms with Crippen molar-refractivity contribution in [2.24, 2.45) is 0 Å². The number of nitrogens with zero attached hydrogens (tertiary/aromatic N) is 3. The molecule has 1 aliphatic rings. The molecule has 1 atom stereocenters. The number of hydrogen-bond donors (Lipinski definition) is 0. The van der Waals surface area contributed by atoms with Gasteiger partial charge < -0.3 is 4.90 Å². The molecule has 0 saturated carbocycles. The summed E-state index contributed by atoms with van der Waals surface area (Å²) in [5, 5.41) is 9.00. The predicted molar refractivity (Wildman–Crippen MR) is 82.2 cm³/mol. The molecule has 102 valence electrons. The van der Waals surface area contributed by atoms with Gasteiger partial charge in [0.25, 0.3) is 0 Å². The Balaban J connectivity index is 2.25. The Kier molecular flexibility index (Phi) is 4.17. The van der Waals surface area contributed by atoms with Crippen LogP contribution in [0, 0.1) is 11.3 Å². The molecule has 0 aromatic heterocycles. The highest BCUT2D eigenvalue weighted by Crippen LogP contribution is 2.29. The molecule has 4 heteroatoms. The van der Waals surface area contributed by atoms with Gasteiger partial charge in [0.2, 0.25) is 0 Å². The van der Waals surface area contributed by atoms with Gasteiger partial charge in [0.1, 0.15) is 0 Å². The largest absolute Gasteiger partial charge is 0.368 e. The highest BCUT2D eigenvalue weighted by atomic mass is 79.9. The molecule has 0 bridgehead atoms. The number of hydrogen-bond acceptors (Lipinski definition) is 3. The number of benzene rings is 1. The third-order valence-electron chi connectivity index (χ3n) is 4.01. The summed E-state index contributed by atoms with van der Waals surface area (Å²) in [6, 6.07) is 11.0. The van der Waals surface area contributed by atoms with Crippen molar-refractivity contribution < 1.29 is 0 Å². The molecule has 1 aromatic carbocycles. The molecule has 1 aliphatic heterocycles. The minimum atomic E-state index is 0.0715. The second-order valence-electron chi connectivity index (χ2n) is 5.80. The normalized spacial score (nSPS) is 23.1. The molecule has 0 N–H and O–H groups in total. The van der Waals surface area contributed by atoms with Crippen LogP contribution in [0.2, 0.25) is 0 Å². The molecule has 0 spiro atoms. The lowest BCUT2D eigenvalue weighted by atomic mass is 9.94. The molecular formula is C15H20BrN3. The number of anilines is 1. The van der Waals surface area contributed by atoms with Crippen molar-refractivity contribution in [1.82, 2.24) is 4.90 Å². The zero-order chi connectivity index (χ0) is 14.0. The zero-order valence-corrected chi connectivity index (χ0v) is 13.3. The van der Waals surface area contributed by atoms with Crippen LogP contribution in [-0.2, 0) is 0 Å². The number of nitriles is 1. The maximum atomic E-state index is 9.00. The molecule has 1 unspecified atom stereocenters. The van der Waals surface area contributed by atoms with Gasteiger partial charge in [-0.3, -0.25) is 4.90 Å². The summed E-state index contributed by atoms with van der Waals surface area (Å²) >= 11 is 3.53. The molecular weight excluding hydrogens is 302 g/mol. The van der Waals surface area contributed by atoms with E-state index in [2.05, 4.69) is 70.9 Å². The summed E-state index contributed by atoms with van der Waals surface area (Å²) in [6.07, 6.45) is 0.574. The molecule has 0 radical (unpaired) electrons. The van der Waals surface area contributed by atoms with Crippen LogP contribution in [0.3, 0.4) is 0 Å². The Morgan fingerprint density at radius 3 is 2.84 bits per heavy atom. The minimum absolute atomic E-state index is 0.0715. The van der Waals surface area contributed by atoms with Gasteiger partial charge in [-0.05, 0) is 39.1 Å². The maximum absolute atomic E-state index is 9.00. The molecule has 2 rings (SSSR count). The van der Waals surface area contributed by atoms with Gasteiger partial charge in [-0.25, -0.2) is 0 Å². The Hall–Kier alpha value is -1.05. The first-order valence-electron chi connectivity index (χ1n) is 6.54. The van der Waals surface area contributed by atoms with Crippen LogP contribution in [0.5, 0.6) is 0 Å². The van der Waals surface area contributed by atoms with E-state index in [4.69, 9.17) is 5.26 Å². The molecule has 1 aromatic rings. The van der Waals surface area contributed by atoms with E-state index < -0.39 is 0 Å². The van der Waals surface area contributed by atoms with Gasteiger partial charge in [0, 0.05) is 34.8 Å². The van der Waals surface area contributed by atoms with Crippen LogP contribution in [-0.4, -0.2) is 36.6 Å². The van der Waals surface area contributed by atoms with Gasteiger partial charge >= 0.3 is 0 Å². The second-order valence-corrected chi connectivity index (χ2v) is 6.72. The summed E-state index contributed by atoms with van der Waals surface area (Å²) < 4.78 is 1.10. The fraction of sp³-hybridized carbons (Fsp3) is 0.533. The van der Waals surface area contributed by atoms with E-state index in [0.717, 1.165) is 17.6 Å². The van der Waals surface area contributed by atoms with Crippen molar-refractivity contribution in [3.05, 3.63) is 28.7 Å². The van der Waals surface area contributed by atoms with Crippen LogP contribution >= 0.6 is 15.9 Å². The number of likely N-dealkylation sites (N-methyl/N-ethyl adjacent to an activating group) is 1. The van der Waals surface area contributed by atoms with E-state index in [1.54, 1.807) is 0 Å². The van der Waals surface area contributed by atoms with Gasteiger partial charge in [-0.15, -0.1) is 0 Å². The number of rotatable bonds is 2. The van der Waals surface area contributed by atoms with Gasteiger partial charge in [0.15, 0.2) is 0 Å². The zero-order valence-electron chi connectivity index (χ0n) is 11.7.